The first-order chi connectivity index (χ1) is 11.9. The number of carbonyl (C=O) groups is 1. The van der Waals surface area contributed by atoms with Crippen molar-refractivity contribution in [3.63, 3.8) is 0 Å². The van der Waals surface area contributed by atoms with Crippen LogP contribution in [0.2, 0.25) is 0 Å². The van der Waals surface area contributed by atoms with Gasteiger partial charge in [-0.1, -0.05) is 18.2 Å². The lowest BCUT2D eigenvalue weighted by Gasteiger charge is -2.19. The molecule has 0 saturated carbocycles. The van der Waals surface area contributed by atoms with Crippen molar-refractivity contribution in [2.24, 2.45) is 0 Å². The van der Waals surface area contributed by atoms with Crippen molar-refractivity contribution >= 4 is 21.6 Å². The molecule has 2 aromatic carbocycles. The molecule has 1 N–H and O–H groups in total. The molecule has 0 radical (unpaired) electrons. The number of carbonyl (C=O) groups excluding carboxylic acids is 1. The van der Waals surface area contributed by atoms with Crippen molar-refractivity contribution < 1.29 is 22.9 Å². The summed E-state index contributed by atoms with van der Waals surface area (Å²) in [5.41, 5.74) is -0.00162. The molecule has 8 nitrogen and oxygen atoms in total. The molecule has 2 rings (SSSR count). The van der Waals surface area contributed by atoms with Gasteiger partial charge >= 0.3 is 6.09 Å². The van der Waals surface area contributed by atoms with Crippen LogP contribution in [0.4, 0.5) is 10.5 Å². The van der Waals surface area contributed by atoms with E-state index in [0.717, 1.165) is 0 Å². The molecule has 0 aliphatic carbocycles. The Morgan fingerprint density at radius 3 is 2.28 bits per heavy atom. The van der Waals surface area contributed by atoms with Crippen LogP contribution in [-0.4, -0.2) is 26.0 Å². The number of rotatable bonds is 6. The van der Waals surface area contributed by atoms with E-state index < -0.39 is 26.2 Å². The van der Waals surface area contributed by atoms with E-state index in [0.29, 0.717) is 0 Å². The van der Waals surface area contributed by atoms with Crippen molar-refractivity contribution in [2.45, 2.75) is 17.2 Å². The molecular formula is C16H16N2O6S. The molecule has 1 amide bonds. The fourth-order valence-electron chi connectivity index (χ4n) is 2.14. The zero-order valence-corrected chi connectivity index (χ0v) is 14.1. The van der Waals surface area contributed by atoms with Crippen molar-refractivity contribution in [1.29, 1.82) is 0 Å². The Bertz CT molecular complexity index is 850. The van der Waals surface area contributed by atoms with Gasteiger partial charge in [0.25, 0.3) is 5.69 Å². The zero-order chi connectivity index (χ0) is 18.4. The van der Waals surface area contributed by atoms with Gasteiger partial charge in [-0.25, -0.2) is 13.2 Å². The number of alkyl carbamates (subject to hydrolysis) is 1. The van der Waals surface area contributed by atoms with Crippen molar-refractivity contribution in [3.05, 3.63) is 70.3 Å². The summed E-state index contributed by atoms with van der Waals surface area (Å²) in [4.78, 5) is 22.0. The average Bonchev–Trinajstić information content (AvgIpc) is 2.60. The number of hydrogen-bond acceptors (Lipinski definition) is 6. The summed E-state index contributed by atoms with van der Waals surface area (Å²) in [7, 11) is -3.98. The highest BCUT2D eigenvalue weighted by Crippen LogP contribution is 2.28. The summed E-state index contributed by atoms with van der Waals surface area (Å²) in [5, 5.41) is 11.6. The third kappa shape index (κ3) is 4.32. The SMILES string of the molecule is CCOC(=O)NC(c1ccc([N+](=O)[O-])cc1)S(=O)(=O)c1ccccc1. The van der Waals surface area contributed by atoms with Crippen LogP contribution in [0.25, 0.3) is 0 Å². The van der Waals surface area contributed by atoms with Crippen LogP contribution in [0, 0.1) is 10.1 Å². The Morgan fingerprint density at radius 1 is 1.16 bits per heavy atom. The predicted molar refractivity (Wildman–Crippen MR) is 89.6 cm³/mol. The van der Waals surface area contributed by atoms with Gasteiger partial charge in [-0.3, -0.25) is 10.1 Å². The lowest BCUT2D eigenvalue weighted by Crippen LogP contribution is -2.34. The molecule has 9 heteroatoms. The second kappa shape index (κ2) is 7.75. The number of sulfone groups is 1. The molecule has 0 bridgehead atoms. The van der Waals surface area contributed by atoms with Gasteiger partial charge in [0.05, 0.1) is 16.4 Å². The van der Waals surface area contributed by atoms with Gasteiger partial charge in [-0.05, 0) is 36.8 Å². The molecule has 2 aromatic rings. The van der Waals surface area contributed by atoms with E-state index in [-0.39, 0.29) is 22.8 Å². The molecule has 1 unspecified atom stereocenters. The minimum absolute atomic E-state index is 0.00940. The summed E-state index contributed by atoms with van der Waals surface area (Å²) in [6, 6.07) is 12.5. The van der Waals surface area contributed by atoms with Crippen LogP contribution in [-0.2, 0) is 14.6 Å². The van der Waals surface area contributed by atoms with Crippen LogP contribution in [0.15, 0.2) is 59.5 Å². The van der Waals surface area contributed by atoms with E-state index >= 15 is 0 Å². The predicted octanol–water partition coefficient (Wildman–Crippen LogP) is 2.81. The monoisotopic (exact) mass is 364 g/mol. The Balaban J connectivity index is 2.46. The van der Waals surface area contributed by atoms with Gasteiger partial charge in [-0.15, -0.1) is 0 Å². The molecule has 0 fully saturated rings. The van der Waals surface area contributed by atoms with Gasteiger partial charge in [-0.2, -0.15) is 0 Å². The van der Waals surface area contributed by atoms with Gasteiger partial charge in [0.1, 0.15) is 0 Å². The Kier molecular flexibility index (Phi) is 5.71. The molecule has 0 saturated heterocycles. The first-order valence-electron chi connectivity index (χ1n) is 7.33. The summed E-state index contributed by atoms with van der Waals surface area (Å²) in [6.07, 6.45) is -0.898. The van der Waals surface area contributed by atoms with Crippen LogP contribution in [0.3, 0.4) is 0 Å². The van der Waals surface area contributed by atoms with Crippen LogP contribution in [0.1, 0.15) is 17.9 Å². The minimum atomic E-state index is -3.98. The summed E-state index contributed by atoms with van der Waals surface area (Å²) < 4.78 is 30.5. The number of ether oxygens (including phenoxy) is 1. The number of nitro benzene ring substituents is 1. The normalized spacial score (nSPS) is 12.2. The first-order valence-corrected chi connectivity index (χ1v) is 8.87. The largest absolute Gasteiger partial charge is 0.450 e. The molecule has 1 atom stereocenters. The number of nitrogens with one attached hydrogen (secondary N) is 1. The second-order valence-corrected chi connectivity index (χ2v) is 6.98. The van der Waals surface area contributed by atoms with E-state index in [1.807, 2.05) is 0 Å². The highest BCUT2D eigenvalue weighted by atomic mass is 32.2. The van der Waals surface area contributed by atoms with Crippen molar-refractivity contribution in [1.82, 2.24) is 5.32 Å². The molecule has 0 aliphatic rings. The highest BCUT2D eigenvalue weighted by Gasteiger charge is 2.31. The number of nitro groups is 1. The average molecular weight is 364 g/mol. The summed E-state index contributed by atoms with van der Waals surface area (Å²) in [6.45, 7) is 1.66. The fraction of sp³-hybridized carbons (Fsp3) is 0.188. The van der Waals surface area contributed by atoms with Crippen LogP contribution < -0.4 is 5.32 Å². The van der Waals surface area contributed by atoms with Crippen molar-refractivity contribution in [3.8, 4) is 0 Å². The Hall–Kier alpha value is -2.94. The van der Waals surface area contributed by atoms with E-state index in [9.17, 15) is 23.3 Å². The standard InChI is InChI=1S/C16H16N2O6S/c1-2-24-16(19)17-15(12-8-10-13(11-9-12)18(20)21)25(22,23)14-6-4-3-5-7-14/h3-11,15H,2H2,1H3,(H,17,19). The van der Waals surface area contributed by atoms with E-state index in [1.165, 1.54) is 36.4 Å². The quantitative estimate of drug-likeness (QED) is 0.622. The van der Waals surface area contributed by atoms with Gasteiger partial charge < -0.3 is 10.1 Å². The maximum absolute atomic E-state index is 12.9. The van der Waals surface area contributed by atoms with E-state index in [2.05, 4.69) is 5.32 Å². The maximum atomic E-state index is 12.9. The lowest BCUT2D eigenvalue weighted by molar-refractivity contribution is -0.384. The molecule has 132 valence electrons. The molecule has 0 heterocycles. The summed E-state index contributed by atoms with van der Waals surface area (Å²) in [5.74, 6) is 0. The third-order valence-electron chi connectivity index (χ3n) is 3.31. The highest BCUT2D eigenvalue weighted by molar-refractivity contribution is 7.91. The van der Waals surface area contributed by atoms with Gasteiger partial charge in [0, 0.05) is 12.1 Å². The van der Waals surface area contributed by atoms with Crippen molar-refractivity contribution in [2.75, 3.05) is 6.61 Å². The van der Waals surface area contributed by atoms with Gasteiger partial charge in [0.15, 0.2) is 5.37 Å². The maximum Gasteiger partial charge on any atom is 0.408 e. The Labute approximate surface area is 144 Å². The minimum Gasteiger partial charge on any atom is -0.450 e. The zero-order valence-electron chi connectivity index (χ0n) is 13.3. The first kappa shape index (κ1) is 18.4. The lowest BCUT2D eigenvalue weighted by atomic mass is 10.2. The second-order valence-electron chi connectivity index (χ2n) is 4.95. The number of hydrogen-bond donors (Lipinski definition) is 1. The number of amides is 1. The molecule has 0 aromatic heterocycles. The molecule has 25 heavy (non-hydrogen) atoms. The molecular weight excluding hydrogens is 348 g/mol. The van der Waals surface area contributed by atoms with E-state index in [4.69, 9.17) is 4.74 Å². The number of benzene rings is 2. The fourth-order valence-corrected chi connectivity index (χ4v) is 3.71. The number of nitrogens with zero attached hydrogens (tertiary/aromatic N) is 1. The Morgan fingerprint density at radius 2 is 1.76 bits per heavy atom. The third-order valence-corrected chi connectivity index (χ3v) is 5.25. The molecule has 0 aliphatic heterocycles. The van der Waals surface area contributed by atoms with Gasteiger partial charge in [0.2, 0.25) is 9.84 Å². The van der Waals surface area contributed by atoms with E-state index in [1.54, 1.807) is 25.1 Å². The van der Waals surface area contributed by atoms with Crippen LogP contribution in [0.5, 0.6) is 0 Å². The number of non-ortho nitro benzene ring substituents is 1. The van der Waals surface area contributed by atoms with Crippen LogP contribution >= 0.6 is 0 Å². The smallest absolute Gasteiger partial charge is 0.408 e. The topological polar surface area (TPSA) is 116 Å². The summed E-state index contributed by atoms with van der Waals surface area (Å²) >= 11 is 0. The molecule has 0 spiro atoms.